The van der Waals surface area contributed by atoms with Crippen LogP contribution in [-0.2, 0) is 14.3 Å². The molecule has 0 radical (unpaired) electrons. The molecule has 0 spiro atoms. The van der Waals surface area contributed by atoms with Crippen molar-refractivity contribution in [2.75, 3.05) is 12.4 Å². The maximum absolute atomic E-state index is 12.7. The number of hydrogen-bond acceptors (Lipinski definition) is 9. The Balaban J connectivity index is 1.69. The highest BCUT2D eigenvalue weighted by molar-refractivity contribution is 6.31. The number of rotatable bonds is 7. The number of anilines is 1. The van der Waals surface area contributed by atoms with Crippen molar-refractivity contribution in [3.63, 3.8) is 0 Å². The van der Waals surface area contributed by atoms with Gasteiger partial charge >= 0.3 is 5.97 Å². The molecule has 0 unspecified atom stereocenters. The molecule has 0 aliphatic carbocycles. The SMILES string of the molecule is COc1cc([N+](=O)[O-])cc(C2=NN(C(C)=O)[C@@H](c3cccc(NC(=O)c4cccc(Cl)c4)c3)O2)c1OC(C)=O. The summed E-state index contributed by atoms with van der Waals surface area (Å²) in [7, 11) is 1.25. The fraction of sp³-hybridized carbons (Fsp3) is 0.154. The third-order valence-corrected chi connectivity index (χ3v) is 5.66. The Hall–Kier alpha value is -4.97. The van der Waals surface area contributed by atoms with Crippen molar-refractivity contribution in [2.45, 2.75) is 20.1 Å². The summed E-state index contributed by atoms with van der Waals surface area (Å²) in [5, 5.41) is 19.9. The van der Waals surface area contributed by atoms with Gasteiger partial charge in [0.25, 0.3) is 11.6 Å². The molecule has 39 heavy (non-hydrogen) atoms. The van der Waals surface area contributed by atoms with E-state index in [4.69, 9.17) is 25.8 Å². The van der Waals surface area contributed by atoms with Crippen LogP contribution in [-0.4, -0.2) is 40.7 Å². The van der Waals surface area contributed by atoms with Gasteiger partial charge in [0.15, 0.2) is 11.5 Å². The topological polar surface area (TPSA) is 150 Å². The van der Waals surface area contributed by atoms with Crippen LogP contribution in [0.25, 0.3) is 0 Å². The van der Waals surface area contributed by atoms with Crippen LogP contribution in [0.5, 0.6) is 11.5 Å². The first-order chi connectivity index (χ1) is 18.6. The lowest BCUT2D eigenvalue weighted by molar-refractivity contribution is -0.385. The van der Waals surface area contributed by atoms with Gasteiger partial charge in [-0.1, -0.05) is 29.8 Å². The van der Waals surface area contributed by atoms with E-state index in [1.165, 1.54) is 20.1 Å². The number of methoxy groups -OCH3 is 1. The number of ether oxygens (including phenoxy) is 3. The van der Waals surface area contributed by atoms with E-state index in [1.54, 1.807) is 42.5 Å². The number of benzene rings is 3. The number of esters is 1. The first-order valence-electron chi connectivity index (χ1n) is 11.3. The Morgan fingerprint density at radius 3 is 2.49 bits per heavy atom. The first-order valence-corrected chi connectivity index (χ1v) is 11.7. The Morgan fingerprint density at radius 2 is 1.85 bits per heavy atom. The molecule has 12 nitrogen and oxygen atoms in total. The minimum Gasteiger partial charge on any atom is -0.493 e. The highest BCUT2D eigenvalue weighted by Gasteiger charge is 2.36. The summed E-state index contributed by atoms with van der Waals surface area (Å²) in [5.41, 5.74) is 0.719. The summed E-state index contributed by atoms with van der Waals surface area (Å²) in [5.74, 6) is -2.12. The molecule has 200 valence electrons. The van der Waals surface area contributed by atoms with E-state index in [0.29, 0.717) is 21.8 Å². The quantitative estimate of drug-likeness (QED) is 0.192. The minimum atomic E-state index is -1.10. The number of hydrogen-bond donors (Lipinski definition) is 1. The second kappa shape index (κ2) is 11.2. The van der Waals surface area contributed by atoms with Gasteiger partial charge in [-0.25, -0.2) is 0 Å². The molecule has 4 rings (SSSR count). The maximum atomic E-state index is 12.7. The lowest BCUT2D eigenvalue weighted by Gasteiger charge is -2.20. The summed E-state index contributed by atoms with van der Waals surface area (Å²) in [6.07, 6.45) is -1.10. The highest BCUT2D eigenvalue weighted by atomic mass is 35.5. The van der Waals surface area contributed by atoms with Crippen molar-refractivity contribution in [3.8, 4) is 11.5 Å². The zero-order chi connectivity index (χ0) is 28.3. The lowest BCUT2D eigenvalue weighted by Crippen LogP contribution is -2.25. The number of nitrogens with zero attached hydrogens (tertiary/aromatic N) is 3. The molecule has 0 saturated carbocycles. The number of nitro groups is 1. The van der Waals surface area contributed by atoms with Crippen LogP contribution in [0, 0.1) is 10.1 Å². The predicted molar refractivity (Wildman–Crippen MR) is 140 cm³/mol. The van der Waals surface area contributed by atoms with Gasteiger partial charge in [0.05, 0.1) is 23.7 Å². The van der Waals surface area contributed by atoms with Gasteiger partial charge in [-0.05, 0) is 30.3 Å². The predicted octanol–water partition coefficient (Wildman–Crippen LogP) is 4.67. The number of nitrogens with one attached hydrogen (secondary N) is 1. The average Bonchev–Trinajstić information content (AvgIpc) is 3.34. The highest BCUT2D eigenvalue weighted by Crippen LogP contribution is 2.40. The first kappa shape index (κ1) is 27.1. The number of nitro benzene ring substituents is 1. The molecule has 3 aromatic rings. The van der Waals surface area contributed by atoms with Crippen LogP contribution in [0.2, 0.25) is 5.02 Å². The largest absolute Gasteiger partial charge is 0.493 e. The van der Waals surface area contributed by atoms with Crippen molar-refractivity contribution in [2.24, 2.45) is 5.10 Å². The van der Waals surface area contributed by atoms with Gasteiger partial charge in [-0.2, -0.15) is 5.01 Å². The van der Waals surface area contributed by atoms with Gasteiger partial charge in [0, 0.05) is 41.8 Å². The van der Waals surface area contributed by atoms with E-state index in [-0.39, 0.29) is 28.6 Å². The second-order valence-electron chi connectivity index (χ2n) is 8.20. The van der Waals surface area contributed by atoms with E-state index < -0.39 is 28.9 Å². The summed E-state index contributed by atoms with van der Waals surface area (Å²) >= 11 is 5.98. The van der Waals surface area contributed by atoms with Gasteiger partial charge in [-0.3, -0.25) is 24.5 Å². The van der Waals surface area contributed by atoms with Gasteiger partial charge < -0.3 is 19.5 Å². The molecule has 0 saturated heterocycles. The number of hydrazone groups is 1. The van der Waals surface area contributed by atoms with E-state index in [2.05, 4.69) is 10.4 Å². The molecule has 1 heterocycles. The Morgan fingerprint density at radius 1 is 1.10 bits per heavy atom. The van der Waals surface area contributed by atoms with Gasteiger partial charge in [0.1, 0.15) is 0 Å². The summed E-state index contributed by atoms with van der Waals surface area (Å²) in [4.78, 5) is 47.8. The molecule has 13 heteroatoms. The van der Waals surface area contributed by atoms with E-state index >= 15 is 0 Å². The van der Waals surface area contributed by atoms with Crippen molar-refractivity contribution >= 4 is 46.7 Å². The van der Waals surface area contributed by atoms with Crippen molar-refractivity contribution in [1.82, 2.24) is 5.01 Å². The van der Waals surface area contributed by atoms with Crippen LogP contribution in [0.15, 0.2) is 65.8 Å². The van der Waals surface area contributed by atoms with Crippen molar-refractivity contribution < 1.29 is 33.5 Å². The molecular formula is C26H21ClN4O8. The number of halogens is 1. The van der Waals surface area contributed by atoms with Crippen LogP contribution in [0.1, 0.15) is 41.6 Å². The average molecular weight is 553 g/mol. The van der Waals surface area contributed by atoms with Crippen molar-refractivity contribution in [3.05, 3.63) is 92.5 Å². The summed E-state index contributed by atoms with van der Waals surface area (Å²) in [6, 6.07) is 15.1. The number of amides is 2. The van der Waals surface area contributed by atoms with Crippen LogP contribution in [0.4, 0.5) is 11.4 Å². The Labute approximate surface area is 226 Å². The number of carbonyl (C=O) groups excluding carboxylic acids is 3. The van der Waals surface area contributed by atoms with Crippen LogP contribution < -0.4 is 14.8 Å². The van der Waals surface area contributed by atoms with Crippen LogP contribution in [0.3, 0.4) is 0 Å². The number of carbonyl (C=O) groups is 3. The zero-order valence-electron chi connectivity index (χ0n) is 20.8. The molecule has 0 bridgehead atoms. The molecule has 1 aliphatic rings. The summed E-state index contributed by atoms with van der Waals surface area (Å²) < 4.78 is 16.4. The molecule has 3 aromatic carbocycles. The fourth-order valence-corrected chi connectivity index (χ4v) is 3.94. The minimum absolute atomic E-state index is 0.0737. The molecule has 1 atom stereocenters. The zero-order valence-corrected chi connectivity index (χ0v) is 21.6. The number of non-ortho nitro benzene ring substituents is 1. The monoisotopic (exact) mass is 552 g/mol. The maximum Gasteiger partial charge on any atom is 0.308 e. The van der Waals surface area contributed by atoms with Crippen molar-refractivity contribution in [1.29, 1.82) is 0 Å². The van der Waals surface area contributed by atoms with Crippen LogP contribution >= 0.6 is 11.6 Å². The molecule has 2 amide bonds. The Bertz CT molecular complexity index is 1520. The third-order valence-electron chi connectivity index (χ3n) is 5.43. The second-order valence-corrected chi connectivity index (χ2v) is 8.64. The standard InChI is InChI=1S/C26H21ClN4O8/c1-14(32)30-26(17-7-5-9-19(11-17)28-24(34)16-6-4-8-18(27)10-16)39-25(29-30)21-12-20(31(35)36)13-22(37-3)23(21)38-15(2)33/h4-13,26H,1-3H3,(H,28,34)/t26-/m1/s1. The molecule has 1 aliphatic heterocycles. The van der Waals surface area contributed by atoms with E-state index in [1.807, 2.05) is 0 Å². The third kappa shape index (κ3) is 5.96. The molecule has 0 aromatic heterocycles. The normalized spacial score (nSPS) is 14.2. The molecule has 0 fully saturated rings. The van der Waals surface area contributed by atoms with E-state index in [0.717, 1.165) is 24.1 Å². The lowest BCUT2D eigenvalue weighted by atomic mass is 10.1. The fourth-order valence-electron chi connectivity index (χ4n) is 3.75. The molecular weight excluding hydrogens is 532 g/mol. The van der Waals surface area contributed by atoms with Gasteiger partial charge in [0.2, 0.25) is 18.0 Å². The smallest absolute Gasteiger partial charge is 0.308 e. The van der Waals surface area contributed by atoms with Gasteiger partial charge in [-0.15, -0.1) is 5.10 Å². The Kier molecular flexibility index (Phi) is 7.77. The van der Waals surface area contributed by atoms with E-state index in [9.17, 15) is 24.5 Å². The molecule has 1 N–H and O–H groups in total. The summed E-state index contributed by atoms with van der Waals surface area (Å²) in [6.45, 7) is 2.41.